The minimum atomic E-state index is -0.843. The van der Waals surface area contributed by atoms with Crippen LogP contribution in [0.4, 0.5) is 4.39 Å². The SMILES string of the molecule is CN(CC(=O)O)C1CCCN(C(=O)CCOc2ccccc2F)CC1. The number of likely N-dealkylation sites (tertiary alicyclic amines) is 1. The minimum absolute atomic E-state index is 0.00902. The number of aliphatic carboxylic acids is 1. The summed E-state index contributed by atoms with van der Waals surface area (Å²) in [5, 5.41) is 8.89. The second-order valence-electron chi connectivity index (χ2n) is 6.30. The number of nitrogens with zero attached hydrogens (tertiary/aromatic N) is 2. The first kappa shape index (κ1) is 19.2. The van der Waals surface area contributed by atoms with Crippen molar-refractivity contribution in [2.45, 2.75) is 31.7 Å². The standard InChI is InChI=1S/C18H25FN2O4/c1-20(13-18(23)24)14-5-4-10-21(11-8-14)17(22)9-12-25-16-7-3-2-6-15(16)19/h2-3,6-7,14H,4-5,8-13H2,1H3,(H,23,24). The number of amides is 1. The van der Waals surface area contributed by atoms with E-state index in [1.54, 1.807) is 24.1 Å². The minimum Gasteiger partial charge on any atom is -0.490 e. The van der Waals surface area contributed by atoms with E-state index in [1.165, 1.54) is 12.1 Å². The summed E-state index contributed by atoms with van der Waals surface area (Å²) in [5.74, 6) is -1.14. The molecule has 25 heavy (non-hydrogen) atoms. The number of hydrogen-bond acceptors (Lipinski definition) is 4. The Labute approximate surface area is 147 Å². The van der Waals surface area contributed by atoms with Gasteiger partial charge >= 0.3 is 5.97 Å². The second-order valence-corrected chi connectivity index (χ2v) is 6.30. The molecule has 0 aliphatic carbocycles. The van der Waals surface area contributed by atoms with Crippen LogP contribution in [0.5, 0.6) is 5.75 Å². The molecule has 1 aliphatic rings. The second kappa shape index (κ2) is 9.36. The van der Waals surface area contributed by atoms with Gasteiger partial charge in [0, 0.05) is 19.1 Å². The molecule has 1 aliphatic heterocycles. The molecule has 1 aromatic rings. The van der Waals surface area contributed by atoms with Gasteiger partial charge < -0.3 is 14.7 Å². The van der Waals surface area contributed by atoms with Gasteiger partial charge in [0.1, 0.15) is 0 Å². The predicted molar refractivity (Wildman–Crippen MR) is 91.0 cm³/mol. The first-order chi connectivity index (χ1) is 12.0. The van der Waals surface area contributed by atoms with Gasteiger partial charge in [-0.2, -0.15) is 0 Å². The third kappa shape index (κ3) is 6.01. The van der Waals surface area contributed by atoms with E-state index in [4.69, 9.17) is 9.84 Å². The van der Waals surface area contributed by atoms with E-state index >= 15 is 0 Å². The predicted octanol–water partition coefficient (Wildman–Crippen LogP) is 1.99. The van der Waals surface area contributed by atoms with Gasteiger partial charge in [0.15, 0.2) is 11.6 Å². The van der Waals surface area contributed by atoms with Gasteiger partial charge in [-0.05, 0) is 38.4 Å². The largest absolute Gasteiger partial charge is 0.490 e. The lowest BCUT2D eigenvalue weighted by Gasteiger charge is -2.25. The van der Waals surface area contributed by atoms with Crippen LogP contribution in [0.1, 0.15) is 25.7 Å². The molecule has 1 aromatic carbocycles. The summed E-state index contributed by atoms with van der Waals surface area (Å²) >= 11 is 0. The molecule has 0 spiro atoms. The lowest BCUT2D eigenvalue weighted by Crippen LogP contribution is -2.37. The summed E-state index contributed by atoms with van der Waals surface area (Å²) < 4.78 is 18.8. The lowest BCUT2D eigenvalue weighted by molar-refractivity contribution is -0.138. The molecule has 2 rings (SSSR count). The molecule has 0 bridgehead atoms. The Balaban J connectivity index is 1.76. The Kier molecular flexibility index (Phi) is 7.18. The van der Waals surface area contributed by atoms with Crippen molar-refractivity contribution < 1.29 is 23.8 Å². The number of carbonyl (C=O) groups is 2. The maximum absolute atomic E-state index is 13.5. The third-order valence-corrected chi connectivity index (χ3v) is 4.47. The molecule has 0 aromatic heterocycles. The highest BCUT2D eigenvalue weighted by molar-refractivity contribution is 5.76. The fourth-order valence-electron chi connectivity index (χ4n) is 3.08. The van der Waals surface area contributed by atoms with Gasteiger partial charge in [-0.1, -0.05) is 12.1 Å². The highest BCUT2D eigenvalue weighted by Gasteiger charge is 2.23. The van der Waals surface area contributed by atoms with Crippen LogP contribution in [0.15, 0.2) is 24.3 Å². The normalized spacial score (nSPS) is 18.0. The zero-order valence-corrected chi connectivity index (χ0v) is 14.5. The Morgan fingerprint density at radius 3 is 2.80 bits per heavy atom. The highest BCUT2D eigenvalue weighted by Crippen LogP contribution is 2.18. The van der Waals surface area contributed by atoms with Crippen LogP contribution in [0.25, 0.3) is 0 Å². The van der Waals surface area contributed by atoms with Gasteiger partial charge in [0.25, 0.3) is 0 Å². The number of para-hydroxylation sites is 1. The van der Waals surface area contributed by atoms with Crippen LogP contribution in [0.2, 0.25) is 0 Å². The molecule has 1 atom stereocenters. The van der Waals surface area contributed by atoms with Gasteiger partial charge in [-0.3, -0.25) is 14.5 Å². The van der Waals surface area contributed by atoms with Crippen molar-refractivity contribution in [2.24, 2.45) is 0 Å². The molecule has 0 saturated carbocycles. The number of carbonyl (C=O) groups excluding carboxylic acids is 1. The molecule has 1 saturated heterocycles. The fraction of sp³-hybridized carbons (Fsp3) is 0.556. The topological polar surface area (TPSA) is 70.1 Å². The average molecular weight is 352 g/mol. The van der Waals surface area contributed by atoms with Crippen LogP contribution in [0, 0.1) is 5.82 Å². The third-order valence-electron chi connectivity index (χ3n) is 4.47. The number of carboxylic acid groups (broad SMARTS) is 1. The van der Waals surface area contributed by atoms with E-state index in [9.17, 15) is 14.0 Å². The number of likely N-dealkylation sites (N-methyl/N-ethyl adjacent to an activating group) is 1. The smallest absolute Gasteiger partial charge is 0.317 e. The first-order valence-electron chi connectivity index (χ1n) is 8.54. The van der Waals surface area contributed by atoms with Crippen molar-refractivity contribution in [3.63, 3.8) is 0 Å². The Hall–Kier alpha value is -2.15. The van der Waals surface area contributed by atoms with Crippen molar-refractivity contribution in [1.82, 2.24) is 9.80 Å². The van der Waals surface area contributed by atoms with Crippen LogP contribution < -0.4 is 4.74 Å². The quantitative estimate of drug-likeness (QED) is 0.813. The van der Waals surface area contributed by atoms with E-state index in [2.05, 4.69) is 0 Å². The Bertz CT molecular complexity index is 596. The fourth-order valence-corrected chi connectivity index (χ4v) is 3.08. The van der Waals surface area contributed by atoms with Crippen molar-refractivity contribution >= 4 is 11.9 Å². The van der Waals surface area contributed by atoms with E-state index < -0.39 is 11.8 Å². The van der Waals surface area contributed by atoms with E-state index in [1.807, 2.05) is 4.90 Å². The van der Waals surface area contributed by atoms with Gasteiger partial charge in [0.2, 0.25) is 5.91 Å². The van der Waals surface area contributed by atoms with Crippen molar-refractivity contribution in [3.8, 4) is 5.75 Å². The molecule has 1 amide bonds. The molecule has 6 nitrogen and oxygen atoms in total. The highest BCUT2D eigenvalue weighted by atomic mass is 19.1. The maximum atomic E-state index is 13.5. The van der Waals surface area contributed by atoms with Crippen LogP contribution >= 0.6 is 0 Å². The summed E-state index contributed by atoms with van der Waals surface area (Å²) in [6.45, 7) is 1.41. The van der Waals surface area contributed by atoms with Crippen molar-refractivity contribution in [1.29, 1.82) is 0 Å². The van der Waals surface area contributed by atoms with Crippen LogP contribution in [0.3, 0.4) is 0 Å². The Morgan fingerprint density at radius 1 is 1.32 bits per heavy atom. The molecule has 0 radical (unpaired) electrons. The summed E-state index contributed by atoms with van der Waals surface area (Å²) in [7, 11) is 1.80. The number of benzene rings is 1. The molecule has 138 valence electrons. The Morgan fingerprint density at radius 2 is 2.08 bits per heavy atom. The lowest BCUT2D eigenvalue weighted by atomic mass is 10.1. The average Bonchev–Trinajstić information content (AvgIpc) is 2.82. The number of ether oxygens (including phenoxy) is 1. The van der Waals surface area contributed by atoms with Crippen LogP contribution in [-0.4, -0.2) is 66.1 Å². The summed E-state index contributed by atoms with van der Waals surface area (Å²) in [5.41, 5.74) is 0. The first-order valence-corrected chi connectivity index (χ1v) is 8.54. The van der Waals surface area contributed by atoms with Gasteiger partial charge in [-0.15, -0.1) is 0 Å². The number of hydrogen-bond donors (Lipinski definition) is 1. The molecule has 7 heteroatoms. The molecular weight excluding hydrogens is 327 g/mol. The number of halogens is 1. The zero-order chi connectivity index (χ0) is 18.2. The molecule has 1 fully saturated rings. The van der Waals surface area contributed by atoms with E-state index in [0.29, 0.717) is 13.1 Å². The molecule has 1 N–H and O–H groups in total. The molecular formula is C18H25FN2O4. The zero-order valence-electron chi connectivity index (χ0n) is 14.5. The summed E-state index contributed by atoms with van der Waals surface area (Å²) in [6, 6.07) is 6.29. The van der Waals surface area contributed by atoms with Crippen molar-refractivity contribution in [2.75, 3.05) is 33.3 Å². The van der Waals surface area contributed by atoms with Gasteiger partial charge in [-0.25, -0.2) is 4.39 Å². The summed E-state index contributed by atoms with van der Waals surface area (Å²) in [4.78, 5) is 26.8. The van der Waals surface area contributed by atoms with E-state index in [-0.39, 0.29) is 37.3 Å². The van der Waals surface area contributed by atoms with Gasteiger partial charge in [0.05, 0.1) is 19.6 Å². The summed E-state index contributed by atoms with van der Waals surface area (Å²) in [6.07, 6.45) is 2.67. The number of carboxylic acids is 1. The number of rotatable bonds is 7. The van der Waals surface area contributed by atoms with E-state index in [0.717, 1.165) is 19.3 Å². The monoisotopic (exact) mass is 352 g/mol. The maximum Gasteiger partial charge on any atom is 0.317 e. The van der Waals surface area contributed by atoms with Crippen molar-refractivity contribution in [3.05, 3.63) is 30.1 Å². The molecule has 1 unspecified atom stereocenters. The van der Waals surface area contributed by atoms with Crippen LogP contribution in [-0.2, 0) is 9.59 Å². The molecule has 1 heterocycles.